The number of benzene rings is 1. The molecule has 0 aliphatic rings. The predicted molar refractivity (Wildman–Crippen MR) is 93.1 cm³/mol. The van der Waals surface area contributed by atoms with Crippen molar-refractivity contribution >= 4 is 27.5 Å². The second kappa shape index (κ2) is 5.30. The van der Waals surface area contributed by atoms with Crippen molar-refractivity contribution in [2.75, 3.05) is 12.8 Å². The van der Waals surface area contributed by atoms with E-state index in [0.29, 0.717) is 38.9 Å². The minimum absolute atomic E-state index is 0.0190. The molecule has 0 fully saturated rings. The minimum Gasteiger partial charge on any atom is -0.494 e. The number of fused-ring (bicyclic) bond motifs is 2. The molecule has 7 nitrogen and oxygen atoms in total. The number of nitrogen functional groups attached to an aromatic ring is 1. The Morgan fingerprint density at radius 1 is 1.24 bits per heavy atom. The summed E-state index contributed by atoms with van der Waals surface area (Å²) in [6.45, 7) is 1.77. The summed E-state index contributed by atoms with van der Waals surface area (Å²) < 4.78 is 19.4. The molecule has 0 atom stereocenters. The van der Waals surface area contributed by atoms with Crippen LogP contribution in [0.3, 0.4) is 0 Å². The van der Waals surface area contributed by atoms with Crippen molar-refractivity contribution in [1.29, 1.82) is 0 Å². The fourth-order valence-corrected chi connectivity index (χ4v) is 3.07. The monoisotopic (exact) mass is 339 g/mol. The highest BCUT2D eigenvalue weighted by Gasteiger charge is 2.20. The Balaban J connectivity index is 2.26. The third-order valence-corrected chi connectivity index (χ3v) is 4.29. The molecule has 0 spiro atoms. The third kappa shape index (κ3) is 2.07. The molecule has 0 bridgehead atoms. The van der Waals surface area contributed by atoms with Gasteiger partial charge in [-0.25, -0.2) is 4.39 Å². The first-order valence-electron chi connectivity index (χ1n) is 7.50. The lowest BCUT2D eigenvalue weighted by atomic mass is 9.96. The number of nitrogens with two attached hydrogens (primary N) is 1. The fourth-order valence-electron chi connectivity index (χ4n) is 3.07. The summed E-state index contributed by atoms with van der Waals surface area (Å²) in [5.74, 6) is 0.0216. The molecule has 3 heterocycles. The summed E-state index contributed by atoms with van der Waals surface area (Å²) in [6.07, 6.45) is 3.07. The quantitative estimate of drug-likeness (QED) is 0.520. The van der Waals surface area contributed by atoms with Crippen LogP contribution in [-0.4, -0.2) is 27.3 Å². The molecular formula is C17H14FN5O2. The Labute approximate surface area is 140 Å². The van der Waals surface area contributed by atoms with Crippen molar-refractivity contribution in [3.63, 3.8) is 0 Å². The second-order valence-electron chi connectivity index (χ2n) is 5.66. The van der Waals surface area contributed by atoms with Crippen LogP contribution in [-0.2, 0) is 0 Å². The number of ether oxygens (including phenoxy) is 1. The molecule has 0 amide bonds. The van der Waals surface area contributed by atoms with Gasteiger partial charge in [-0.1, -0.05) is 6.07 Å². The lowest BCUT2D eigenvalue weighted by Gasteiger charge is -2.15. The van der Waals surface area contributed by atoms with Gasteiger partial charge in [-0.3, -0.25) is 14.9 Å². The van der Waals surface area contributed by atoms with Crippen molar-refractivity contribution in [3.8, 4) is 16.9 Å². The predicted octanol–water partition coefficient (Wildman–Crippen LogP) is 2.50. The molecule has 3 aromatic heterocycles. The van der Waals surface area contributed by atoms with Gasteiger partial charge >= 0.3 is 0 Å². The van der Waals surface area contributed by atoms with Crippen LogP contribution in [0.1, 0.15) is 5.69 Å². The van der Waals surface area contributed by atoms with E-state index in [2.05, 4.69) is 20.2 Å². The number of nitrogens with one attached hydrogen (secondary N) is 2. The summed E-state index contributed by atoms with van der Waals surface area (Å²) in [4.78, 5) is 19.4. The number of aryl methyl sites for hydroxylation is 1. The summed E-state index contributed by atoms with van der Waals surface area (Å²) in [7, 11) is 1.51. The molecular weight excluding hydrogens is 325 g/mol. The van der Waals surface area contributed by atoms with E-state index in [1.807, 2.05) is 0 Å². The van der Waals surface area contributed by atoms with E-state index >= 15 is 0 Å². The van der Waals surface area contributed by atoms with E-state index in [4.69, 9.17) is 10.5 Å². The lowest BCUT2D eigenvalue weighted by Crippen LogP contribution is -2.14. The highest BCUT2D eigenvalue weighted by Crippen LogP contribution is 2.40. The third-order valence-electron chi connectivity index (χ3n) is 4.29. The molecule has 0 unspecified atom stereocenters. The highest BCUT2D eigenvalue weighted by molar-refractivity contribution is 6.10. The maximum absolute atomic E-state index is 14.0. The van der Waals surface area contributed by atoms with Gasteiger partial charge in [0.25, 0.3) is 5.56 Å². The zero-order valence-corrected chi connectivity index (χ0v) is 13.5. The highest BCUT2D eigenvalue weighted by atomic mass is 19.1. The Hall–Kier alpha value is -3.42. The first-order chi connectivity index (χ1) is 12.0. The van der Waals surface area contributed by atoms with Crippen LogP contribution in [0.2, 0.25) is 0 Å². The van der Waals surface area contributed by atoms with Gasteiger partial charge < -0.3 is 15.5 Å². The molecule has 4 rings (SSSR count). The van der Waals surface area contributed by atoms with Crippen LogP contribution in [0.4, 0.5) is 10.1 Å². The Morgan fingerprint density at radius 2 is 2.04 bits per heavy atom. The van der Waals surface area contributed by atoms with Gasteiger partial charge in [-0.2, -0.15) is 5.10 Å². The number of H-pyrrole nitrogens is 2. The van der Waals surface area contributed by atoms with E-state index in [1.54, 1.807) is 19.2 Å². The van der Waals surface area contributed by atoms with Crippen molar-refractivity contribution in [2.45, 2.75) is 6.92 Å². The van der Waals surface area contributed by atoms with Crippen LogP contribution >= 0.6 is 0 Å². The number of hydrogen-bond donors (Lipinski definition) is 3. The number of hydrogen-bond acceptors (Lipinski definition) is 5. The summed E-state index contributed by atoms with van der Waals surface area (Å²) >= 11 is 0. The smallest absolute Gasteiger partial charge is 0.272 e. The van der Waals surface area contributed by atoms with Crippen LogP contribution in [0.25, 0.3) is 32.9 Å². The zero-order chi connectivity index (χ0) is 17.7. The number of rotatable bonds is 2. The molecule has 0 aliphatic carbocycles. The van der Waals surface area contributed by atoms with E-state index in [1.165, 1.54) is 19.4 Å². The average Bonchev–Trinajstić information content (AvgIpc) is 3.09. The van der Waals surface area contributed by atoms with Gasteiger partial charge in [0.1, 0.15) is 22.8 Å². The Morgan fingerprint density at radius 3 is 2.80 bits per heavy atom. The van der Waals surface area contributed by atoms with Crippen LogP contribution < -0.4 is 16.0 Å². The molecule has 25 heavy (non-hydrogen) atoms. The van der Waals surface area contributed by atoms with E-state index in [9.17, 15) is 9.18 Å². The summed E-state index contributed by atoms with van der Waals surface area (Å²) in [6, 6.07) is 2.88. The first-order valence-corrected chi connectivity index (χ1v) is 7.50. The number of aromatic nitrogens is 4. The Bertz CT molecular complexity index is 1200. The molecule has 1 aromatic carbocycles. The van der Waals surface area contributed by atoms with Crippen molar-refractivity contribution in [2.24, 2.45) is 0 Å². The molecule has 4 aromatic rings. The van der Waals surface area contributed by atoms with E-state index in [-0.39, 0.29) is 11.2 Å². The van der Waals surface area contributed by atoms with Crippen molar-refractivity contribution in [3.05, 3.63) is 46.4 Å². The van der Waals surface area contributed by atoms with Crippen molar-refractivity contribution in [1.82, 2.24) is 20.2 Å². The van der Waals surface area contributed by atoms with Crippen LogP contribution in [0.15, 0.2) is 29.3 Å². The number of halogens is 1. The molecule has 0 aliphatic heterocycles. The largest absolute Gasteiger partial charge is 0.494 e. The minimum atomic E-state index is -0.443. The van der Waals surface area contributed by atoms with Crippen molar-refractivity contribution < 1.29 is 9.13 Å². The zero-order valence-electron chi connectivity index (χ0n) is 13.5. The van der Waals surface area contributed by atoms with Crippen LogP contribution in [0, 0.1) is 12.7 Å². The molecule has 0 saturated carbocycles. The van der Waals surface area contributed by atoms with Gasteiger partial charge in [-0.15, -0.1) is 0 Å². The maximum Gasteiger partial charge on any atom is 0.272 e. The maximum atomic E-state index is 14.0. The average molecular weight is 339 g/mol. The van der Waals surface area contributed by atoms with Gasteiger partial charge in [0.2, 0.25) is 0 Å². The molecule has 0 saturated heterocycles. The standard InChI is InChI=1S/C17H14FN5O2/c1-7-15-13(11(25-2)6-20-7)12(14(19)17(24)22-15)8-3-4-10(18)16-9(8)5-21-23-16/h3-6H,19H2,1-2H3,(H,21,23)(H,22,24). The summed E-state index contributed by atoms with van der Waals surface area (Å²) in [5, 5.41) is 7.67. The number of nitrogens with zero attached hydrogens (tertiary/aromatic N) is 2. The van der Waals surface area contributed by atoms with E-state index < -0.39 is 11.4 Å². The number of methoxy groups -OCH3 is 1. The Kier molecular flexibility index (Phi) is 3.21. The topological polar surface area (TPSA) is 110 Å². The lowest BCUT2D eigenvalue weighted by molar-refractivity contribution is 0.418. The van der Waals surface area contributed by atoms with Crippen LogP contribution in [0.5, 0.6) is 5.75 Å². The number of pyridine rings is 2. The normalized spacial score (nSPS) is 11.3. The van der Waals surface area contributed by atoms with Gasteiger partial charge in [0.15, 0.2) is 0 Å². The molecule has 8 heteroatoms. The van der Waals surface area contributed by atoms with Gasteiger partial charge in [0, 0.05) is 10.9 Å². The van der Waals surface area contributed by atoms with Gasteiger partial charge in [-0.05, 0) is 18.6 Å². The second-order valence-corrected chi connectivity index (χ2v) is 5.66. The fraction of sp³-hybridized carbons (Fsp3) is 0.118. The molecule has 4 N–H and O–H groups in total. The first kappa shape index (κ1) is 15.1. The number of aromatic amines is 2. The van der Waals surface area contributed by atoms with E-state index in [0.717, 1.165) is 0 Å². The molecule has 126 valence electrons. The summed E-state index contributed by atoms with van der Waals surface area (Å²) in [5.41, 5.74) is 8.13. The number of anilines is 1. The SMILES string of the molecule is COc1cnc(C)c2[nH]c(=O)c(N)c(-c3ccc(F)c4[nH]ncc34)c12. The van der Waals surface area contributed by atoms with Gasteiger partial charge in [0.05, 0.1) is 36.1 Å². The molecule has 0 radical (unpaired) electrons.